The maximum absolute atomic E-state index is 12.8. The number of carboxylic acid groups (broad SMARTS) is 1. The summed E-state index contributed by atoms with van der Waals surface area (Å²) in [6, 6.07) is 3.17. The normalized spacial score (nSPS) is 11.7. The van der Waals surface area contributed by atoms with Gasteiger partial charge in [-0.15, -0.1) is 0 Å². The first-order chi connectivity index (χ1) is 9.71. The molecule has 1 aromatic rings. The lowest BCUT2D eigenvalue weighted by molar-refractivity contribution is -0.138. The molecule has 0 aliphatic rings. The van der Waals surface area contributed by atoms with Crippen molar-refractivity contribution in [1.82, 2.24) is 4.90 Å². The zero-order valence-corrected chi connectivity index (χ0v) is 12.0. The molecular formula is C14H19F3N2O2. The minimum atomic E-state index is -4.68. The van der Waals surface area contributed by atoms with E-state index in [4.69, 9.17) is 5.11 Å². The van der Waals surface area contributed by atoms with Crippen LogP contribution in [0.3, 0.4) is 0 Å². The predicted octanol–water partition coefficient (Wildman–Crippen LogP) is 3.16. The van der Waals surface area contributed by atoms with E-state index in [9.17, 15) is 18.0 Å². The first-order valence-electron chi connectivity index (χ1n) is 6.55. The van der Waals surface area contributed by atoms with Crippen LogP contribution < -0.4 is 5.32 Å². The molecule has 0 unspecified atom stereocenters. The number of benzene rings is 1. The van der Waals surface area contributed by atoms with Gasteiger partial charge in [-0.05, 0) is 51.7 Å². The van der Waals surface area contributed by atoms with Gasteiger partial charge in [0.25, 0.3) is 0 Å². The van der Waals surface area contributed by atoms with Gasteiger partial charge >= 0.3 is 12.1 Å². The third-order valence-corrected chi connectivity index (χ3v) is 2.92. The van der Waals surface area contributed by atoms with Crippen LogP contribution in [0.15, 0.2) is 18.2 Å². The van der Waals surface area contributed by atoms with Crippen molar-refractivity contribution < 1.29 is 23.1 Å². The van der Waals surface area contributed by atoms with Gasteiger partial charge in [0.2, 0.25) is 0 Å². The second-order valence-electron chi connectivity index (χ2n) is 5.00. The molecule has 0 fully saturated rings. The highest BCUT2D eigenvalue weighted by Crippen LogP contribution is 2.33. The van der Waals surface area contributed by atoms with E-state index >= 15 is 0 Å². The fourth-order valence-corrected chi connectivity index (χ4v) is 1.86. The molecule has 0 radical (unpaired) electrons. The molecule has 21 heavy (non-hydrogen) atoms. The van der Waals surface area contributed by atoms with Crippen LogP contribution in [0.25, 0.3) is 0 Å². The molecule has 2 N–H and O–H groups in total. The van der Waals surface area contributed by atoms with Crippen molar-refractivity contribution in [2.24, 2.45) is 0 Å². The second kappa shape index (κ2) is 7.31. The predicted molar refractivity (Wildman–Crippen MR) is 74.7 cm³/mol. The molecule has 1 aromatic carbocycles. The molecule has 4 nitrogen and oxygen atoms in total. The lowest BCUT2D eigenvalue weighted by Gasteiger charge is -2.14. The van der Waals surface area contributed by atoms with Crippen molar-refractivity contribution in [3.8, 4) is 0 Å². The molecule has 0 heterocycles. The third kappa shape index (κ3) is 5.63. The summed E-state index contributed by atoms with van der Waals surface area (Å²) >= 11 is 0. The van der Waals surface area contributed by atoms with Gasteiger partial charge in [0.15, 0.2) is 0 Å². The molecule has 0 saturated carbocycles. The highest BCUT2D eigenvalue weighted by molar-refractivity contribution is 5.90. The summed E-state index contributed by atoms with van der Waals surface area (Å²) in [5.74, 6) is -1.58. The van der Waals surface area contributed by atoms with E-state index in [0.29, 0.717) is 6.54 Å². The Morgan fingerprint density at radius 2 is 1.95 bits per heavy atom. The monoisotopic (exact) mass is 304 g/mol. The SMILES string of the molecule is CN(C)CCCCNc1ccc(C(=O)O)c(C(F)(F)F)c1. The van der Waals surface area contributed by atoms with Crippen molar-refractivity contribution in [2.75, 3.05) is 32.5 Å². The van der Waals surface area contributed by atoms with Crippen molar-refractivity contribution in [1.29, 1.82) is 0 Å². The number of aromatic carboxylic acids is 1. The highest BCUT2D eigenvalue weighted by atomic mass is 19.4. The Morgan fingerprint density at radius 3 is 2.48 bits per heavy atom. The quantitative estimate of drug-likeness (QED) is 0.760. The van der Waals surface area contributed by atoms with Gasteiger partial charge in [0.05, 0.1) is 11.1 Å². The van der Waals surface area contributed by atoms with E-state index in [1.54, 1.807) is 0 Å². The second-order valence-corrected chi connectivity index (χ2v) is 5.00. The van der Waals surface area contributed by atoms with Gasteiger partial charge in [-0.1, -0.05) is 0 Å². The molecule has 0 aliphatic carbocycles. The molecule has 0 saturated heterocycles. The number of alkyl halides is 3. The lowest BCUT2D eigenvalue weighted by atomic mass is 10.1. The van der Waals surface area contributed by atoms with Crippen molar-refractivity contribution >= 4 is 11.7 Å². The Kier molecular flexibility index (Phi) is 6.02. The molecule has 0 bridgehead atoms. The molecule has 1 rings (SSSR count). The van der Waals surface area contributed by atoms with E-state index in [-0.39, 0.29) is 5.69 Å². The summed E-state index contributed by atoms with van der Waals surface area (Å²) in [6.45, 7) is 1.45. The molecule has 0 aliphatic heterocycles. The summed E-state index contributed by atoms with van der Waals surface area (Å²) in [5.41, 5.74) is -1.59. The Labute approximate surface area is 121 Å². The van der Waals surface area contributed by atoms with Crippen LogP contribution in [0.5, 0.6) is 0 Å². The summed E-state index contributed by atoms with van der Waals surface area (Å²) in [5, 5.41) is 11.7. The summed E-state index contributed by atoms with van der Waals surface area (Å²) < 4.78 is 38.5. The van der Waals surface area contributed by atoms with Gasteiger partial charge in [-0.3, -0.25) is 0 Å². The van der Waals surface area contributed by atoms with Crippen LogP contribution in [0.4, 0.5) is 18.9 Å². The van der Waals surface area contributed by atoms with Crippen LogP contribution in [0.2, 0.25) is 0 Å². The smallest absolute Gasteiger partial charge is 0.417 e. The maximum Gasteiger partial charge on any atom is 0.417 e. The highest BCUT2D eigenvalue weighted by Gasteiger charge is 2.35. The Morgan fingerprint density at radius 1 is 1.29 bits per heavy atom. The first-order valence-corrected chi connectivity index (χ1v) is 6.55. The number of halogens is 3. The number of anilines is 1. The summed E-state index contributed by atoms with van der Waals surface area (Å²) in [7, 11) is 3.90. The van der Waals surface area contributed by atoms with Crippen LogP contribution in [-0.2, 0) is 6.18 Å². The van der Waals surface area contributed by atoms with Crippen LogP contribution in [-0.4, -0.2) is 43.2 Å². The number of unbranched alkanes of at least 4 members (excludes halogenated alkanes) is 1. The van der Waals surface area contributed by atoms with E-state index < -0.39 is 23.3 Å². The topological polar surface area (TPSA) is 52.6 Å². The largest absolute Gasteiger partial charge is 0.478 e. The number of hydrogen-bond acceptors (Lipinski definition) is 3. The maximum atomic E-state index is 12.8. The molecule has 0 amide bonds. The number of carbonyl (C=O) groups is 1. The Hall–Kier alpha value is -1.76. The van der Waals surface area contributed by atoms with E-state index in [0.717, 1.165) is 31.5 Å². The number of rotatable bonds is 7. The van der Waals surface area contributed by atoms with Crippen molar-refractivity contribution in [3.63, 3.8) is 0 Å². The third-order valence-electron chi connectivity index (χ3n) is 2.92. The summed E-state index contributed by atoms with van der Waals surface area (Å²) in [4.78, 5) is 12.8. The van der Waals surface area contributed by atoms with Crippen LogP contribution >= 0.6 is 0 Å². The fourth-order valence-electron chi connectivity index (χ4n) is 1.86. The van der Waals surface area contributed by atoms with E-state index in [1.807, 2.05) is 19.0 Å². The lowest BCUT2D eigenvalue weighted by Crippen LogP contribution is -2.15. The number of nitrogens with zero attached hydrogens (tertiary/aromatic N) is 1. The van der Waals surface area contributed by atoms with Gasteiger partial charge in [-0.25, -0.2) is 4.79 Å². The first kappa shape index (κ1) is 17.3. The zero-order valence-electron chi connectivity index (χ0n) is 12.0. The fraction of sp³-hybridized carbons (Fsp3) is 0.500. The van der Waals surface area contributed by atoms with Crippen molar-refractivity contribution in [2.45, 2.75) is 19.0 Å². The van der Waals surface area contributed by atoms with Crippen LogP contribution in [0, 0.1) is 0 Å². The molecule has 0 atom stereocenters. The zero-order chi connectivity index (χ0) is 16.0. The average molecular weight is 304 g/mol. The van der Waals surface area contributed by atoms with E-state index in [1.165, 1.54) is 6.07 Å². The van der Waals surface area contributed by atoms with Crippen LogP contribution in [0.1, 0.15) is 28.8 Å². The molecular weight excluding hydrogens is 285 g/mol. The minimum absolute atomic E-state index is 0.275. The van der Waals surface area contributed by atoms with Gasteiger partial charge < -0.3 is 15.3 Å². The number of hydrogen-bond donors (Lipinski definition) is 2. The molecule has 0 spiro atoms. The molecule has 7 heteroatoms. The van der Waals surface area contributed by atoms with Gasteiger partial charge in [-0.2, -0.15) is 13.2 Å². The Balaban J connectivity index is 2.71. The molecule has 0 aromatic heterocycles. The van der Waals surface area contributed by atoms with E-state index in [2.05, 4.69) is 5.32 Å². The van der Waals surface area contributed by atoms with Gasteiger partial charge in [0.1, 0.15) is 0 Å². The molecule has 118 valence electrons. The summed E-state index contributed by atoms with van der Waals surface area (Å²) in [6.07, 6.45) is -2.93. The van der Waals surface area contributed by atoms with Gasteiger partial charge in [0, 0.05) is 12.2 Å². The minimum Gasteiger partial charge on any atom is -0.478 e. The van der Waals surface area contributed by atoms with Crippen molar-refractivity contribution in [3.05, 3.63) is 29.3 Å². The average Bonchev–Trinajstić information content (AvgIpc) is 2.36. The number of carboxylic acids is 1. The standard InChI is InChI=1S/C14H19F3N2O2/c1-19(2)8-4-3-7-18-10-5-6-11(13(20)21)12(9-10)14(15,16)17/h5-6,9,18H,3-4,7-8H2,1-2H3,(H,20,21). The number of nitrogens with one attached hydrogen (secondary N) is 1. The Bertz CT molecular complexity index is 488.